The normalized spacial score (nSPS) is 26.2. The molecule has 0 aromatic rings. The second-order valence-corrected chi connectivity index (χ2v) is 3.52. The van der Waals surface area contributed by atoms with Crippen molar-refractivity contribution in [1.82, 2.24) is 5.32 Å². The Morgan fingerprint density at radius 3 is 3.30 bits per heavy atom. The zero-order valence-electron chi connectivity index (χ0n) is 6.26. The molecule has 0 aromatic carbocycles. The van der Waals surface area contributed by atoms with Crippen LogP contribution in [0.25, 0.3) is 0 Å². The van der Waals surface area contributed by atoms with Crippen LogP contribution in [0.5, 0.6) is 0 Å². The molecular formula is C6H12N2OS. The minimum absolute atomic E-state index is 0.475. The van der Waals surface area contributed by atoms with Gasteiger partial charge >= 0.3 is 0 Å². The van der Waals surface area contributed by atoms with E-state index in [0.29, 0.717) is 12.0 Å². The predicted molar refractivity (Wildman–Crippen MR) is 44.4 cm³/mol. The van der Waals surface area contributed by atoms with E-state index in [0.717, 1.165) is 11.7 Å². The Labute approximate surface area is 65.2 Å². The van der Waals surface area contributed by atoms with Gasteiger partial charge in [-0.2, -0.15) is 0 Å². The molecule has 0 fully saturated rings. The molecule has 3 nitrogen and oxygen atoms in total. The van der Waals surface area contributed by atoms with Gasteiger partial charge in [0.05, 0.1) is 23.7 Å². The van der Waals surface area contributed by atoms with Gasteiger partial charge in [0.1, 0.15) is 0 Å². The minimum Gasteiger partial charge on any atom is -0.378 e. The lowest BCUT2D eigenvalue weighted by Crippen LogP contribution is -2.30. The van der Waals surface area contributed by atoms with Crippen LogP contribution in [-0.4, -0.2) is 30.8 Å². The molecule has 1 heterocycles. The van der Waals surface area contributed by atoms with Crippen molar-refractivity contribution in [1.29, 1.82) is 0 Å². The van der Waals surface area contributed by atoms with Crippen molar-refractivity contribution in [3.05, 3.63) is 0 Å². The Bertz CT molecular complexity index is 138. The summed E-state index contributed by atoms with van der Waals surface area (Å²) in [7, 11) is 1.69. The maximum absolute atomic E-state index is 4.95. The van der Waals surface area contributed by atoms with E-state index in [2.05, 4.69) is 17.2 Å². The van der Waals surface area contributed by atoms with Crippen LogP contribution in [0, 0.1) is 0 Å². The van der Waals surface area contributed by atoms with E-state index in [1.54, 1.807) is 18.9 Å². The van der Waals surface area contributed by atoms with Gasteiger partial charge in [0.25, 0.3) is 0 Å². The summed E-state index contributed by atoms with van der Waals surface area (Å²) in [5.41, 5.74) is 0. The topological polar surface area (TPSA) is 33.6 Å². The van der Waals surface area contributed by atoms with Crippen LogP contribution >= 0.6 is 11.8 Å². The van der Waals surface area contributed by atoms with E-state index in [1.807, 2.05) is 0 Å². The second-order valence-electron chi connectivity index (χ2n) is 2.11. The van der Waals surface area contributed by atoms with Crippen LogP contribution in [0.15, 0.2) is 4.99 Å². The number of rotatable bonds is 2. The predicted octanol–water partition coefficient (Wildman–Crippen LogP) is 0.671. The first-order valence-electron chi connectivity index (χ1n) is 3.25. The third kappa shape index (κ3) is 2.28. The first kappa shape index (κ1) is 8.04. The molecule has 0 saturated heterocycles. The molecule has 1 aliphatic rings. The average Bonchev–Trinajstić information content (AvgIpc) is 1.88. The summed E-state index contributed by atoms with van der Waals surface area (Å²) in [6, 6.07) is 0. The molecule has 1 atom stereocenters. The molecule has 0 aliphatic carbocycles. The number of ether oxygens (including phenoxy) is 1. The van der Waals surface area contributed by atoms with Crippen LogP contribution in [-0.2, 0) is 4.74 Å². The first-order valence-corrected chi connectivity index (χ1v) is 4.13. The van der Waals surface area contributed by atoms with Gasteiger partial charge in [0.15, 0.2) is 0 Å². The summed E-state index contributed by atoms with van der Waals surface area (Å²) < 4.78 is 4.95. The Kier molecular flexibility index (Phi) is 3.18. The summed E-state index contributed by atoms with van der Waals surface area (Å²) in [4.78, 5) is 4.21. The number of hydrogen-bond acceptors (Lipinski definition) is 4. The summed E-state index contributed by atoms with van der Waals surface area (Å²) in [6.07, 6.45) is 0. The lowest BCUT2D eigenvalue weighted by Gasteiger charge is -2.18. The van der Waals surface area contributed by atoms with Crippen molar-refractivity contribution in [3.8, 4) is 0 Å². The van der Waals surface area contributed by atoms with Crippen molar-refractivity contribution in [3.63, 3.8) is 0 Å². The number of methoxy groups -OCH3 is 1. The van der Waals surface area contributed by atoms with Gasteiger partial charge in [0.2, 0.25) is 0 Å². The van der Waals surface area contributed by atoms with E-state index >= 15 is 0 Å². The molecule has 0 bridgehead atoms. The molecule has 0 saturated carbocycles. The van der Waals surface area contributed by atoms with Crippen molar-refractivity contribution in [2.45, 2.75) is 12.3 Å². The summed E-state index contributed by atoms with van der Waals surface area (Å²) in [5, 5.41) is 4.76. The van der Waals surface area contributed by atoms with Crippen LogP contribution in [0.1, 0.15) is 6.92 Å². The summed E-state index contributed by atoms with van der Waals surface area (Å²) >= 11 is 1.72. The molecule has 1 aliphatic heterocycles. The molecule has 10 heavy (non-hydrogen) atoms. The van der Waals surface area contributed by atoms with Crippen LogP contribution < -0.4 is 5.32 Å². The Morgan fingerprint density at radius 2 is 2.70 bits per heavy atom. The highest BCUT2D eigenvalue weighted by Crippen LogP contribution is 2.13. The van der Waals surface area contributed by atoms with E-state index in [4.69, 9.17) is 4.74 Å². The van der Waals surface area contributed by atoms with Crippen LogP contribution in [0.4, 0.5) is 0 Å². The lowest BCUT2D eigenvalue weighted by molar-refractivity contribution is 0.246. The number of hydrogen-bond donors (Lipinski definition) is 1. The fraction of sp³-hybridized carbons (Fsp3) is 0.833. The molecule has 1 unspecified atom stereocenters. The number of nitrogens with one attached hydrogen (secondary N) is 1. The van der Waals surface area contributed by atoms with Crippen molar-refractivity contribution in [2.24, 2.45) is 4.99 Å². The standard InChI is InChI=1S/C6H12N2OS/c1-5-7-4-8-6(10-5)3-9-2/h5,7H,3-4H2,1-2H3. The smallest absolute Gasteiger partial charge is 0.0965 e. The van der Waals surface area contributed by atoms with Gasteiger partial charge in [-0.25, -0.2) is 0 Å². The van der Waals surface area contributed by atoms with E-state index in [9.17, 15) is 0 Å². The quantitative estimate of drug-likeness (QED) is 0.644. The van der Waals surface area contributed by atoms with Gasteiger partial charge < -0.3 is 4.74 Å². The first-order chi connectivity index (χ1) is 4.83. The average molecular weight is 160 g/mol. The maximum atomic E-state index is 4.95. The largest absolute Gasteiger partial charge is 0.378 e. The molecule has 1 N–H and O–H groups in total. The molecular weight excluding hydrogens is 148 g/mol. The minimum atomic E-state index is 0.475. The lowest BCUT2D eigenvalue weighted by atomic mass is 10.7. The number of thioether (sulfide) groups is 1. The number of aliphatic imine (C=N–C) groups is 1. The zero-order chi connectivity index (χ0) is 7.40. The molecule has 0 spiro atoms. The van der Waals surface area contributed by atoms with Crippen LogP contribution in [0.3, 0.4) is 0 Å². The van der Waals surface area contributed by atoms with Gasteiger partial charge in [-0.05, 0) is 6.92 Å². The van der Waals surface area contributed by atoms with Gasteiger partial charge in [-0.3, -0.25) is 10.3 Å². The fourth-order valence-corrected chi connectivity index (χ4v) is 1.64. The van der Waals surface area contributed by atoms with Crippen molar-refractivity contribution in [2.75, 3.05) is 20.4 Å². The highest BCUT2D eigenvalue weighted by atomic mass is 32.2. The Hall–Kier alpha value is -0.0600. The monoisotopic (exact) mass is 160 g/mol. The summed E-state index contributed by atoms with van der Waals surface area (Å²) in [5.74, 6) is 0. The molecule has 4 heteroatoms. The fourth-order valence-electron chi connectivity index (χ4n) is 0.749. The van der Waals surface area contributed by atoms with E-state index in [1.165, 1.54) is 0 Å². The van der Waals surface area contributed by atoms with Gasteiger partial charge in [-0.15, -0.1) is 0 Å². The molecule has 58 valence electrons. The maximum Gasteiger partial charge on any atom is 0.0965 e. The third-order valence-electron chi connectivity index (χ3n) is 1.21. The molecule has 0 amide bonds. The van der Waals surface area contributed by atoms with Gasteiger partial charge in [-0.1, -0.05) is 11.8 Å². The second kappa shape index (κ2) is 3.95. The van der Waals surface area contributed by atoms with E-state index in [-0.39, 0.29) is 0 Å². The highest BCUT2D eigenvalue weighted by Gasteiger charge is 2.10. The third-order valence-corrected chi connectivity index (χ3v) is 2.25. The van der Waals surface area contributed by atoms with E-state index < -0.39 is 0 Å². The molecule has 0 radical (unpaired) electrons. The van der Waals surface area contributed by atoms with Crippen molar-refractivity contribution < 1.29 is 4.74 Å². The Balaban J connectivity index is 2.36. The van der Waals surface area contributed by atoms with Crippen molar-refractivity contribution >= 4 is 16.8 Å². The highest BCUT2D eigenvalue weighted by molar-refractivity contribution is 8.14. The SMILES string of the molecule is COCC1=NCNC(C)S1. The molecule has 0 aromatic heterocycles. The van der Waals surface area contributed by atoms with Gasteiger partial charge in [0, 0.05) is 7.11 Å². The van der Waals surface area contributed by atoms with Crippen LogP contribution in [0.2, 0.25) is 0 Å². The summed E-state index contributed by atoms with van der Waals surface area (Å²) in [6.45, 7) is 3.50. The number of nitrogens with zero attached hydrogens (tertiary/aromatic N) is 1. The Morgan fingerprint density at radius 1 is 1.90 bits per heavy atom. The molecule has 1 rings (SSSR count). The zero-order valence-corrected chi connectivity index (χ0v) is 7.07.